The second kappa shape index (κ2) is 6.62. The second-order valence-electron chi connectivity index (χ2n) is 6.27. The van der Waals surface area contributed by atoms with E-state index in [0.29, 0.717) is 13.0 Å². The van der Waals surface area contributed by atoms with E-state index < -0.39 is 6.29 Å². The third kappa shape index (κ3) is 3.00. The number of hydrogen-bond acceptors (Lipinski definition) is 3. The standard InChI is InChI=1S/C21H20O3/c22-20-11-5-6-12-21(24-20)23-14-19-17-9-3-1-7-15(17)13-16-8-2-4-10-18(16)19/h1-4,7-10,13,21H,5-6,11-12,14H2. The van der Waals surface area contributed by atoms with Crippen LogP contribution in [0.4, 0.5) is 0 Å². The fourth-order valence-electron chi connectivity index (χ4n) is 3.40. The van der Waals surface area contributed by atoms with Crippen molar-refractivity contribution in [1.82, 2.24) is 0 Å². The zero-order valence-corrected chi connectivity index (χ0v) is 13.5. The molecule has 0 aliphatic carbocycles. The van der Waals surface area contributed by atoms with E-state index >= 15 is 0 Å². The molecule has 1 saturated heterocycles. The van der Waals surface area contributed by atoms with Crippen LogP contribution in [0.3, 0.4) is 0 Å². The number of ether oxygens (including phenoxy) is 2. The summed E-state index contributed by atoms with van der Waals surface area (Å²) >= 11 is 0. The molecule has 1 aliphatic heterocycles. The molecule has 1 heterocycles. The van der Waals surface area contributed by atoms with Gasteiger partial charge in [-0.05, 0) is 46.0 Å². The Kier molecular flexibility index (Phi) is 4.18. The quantitative estimate of drug-likeness (QED) is 0.506. The van der Waals surface area contributed by atoms with Gasteiger partial charge in [0.05, 0.1) is 6.61 Å². The molecule has 0 amide bonds. The lowest BCUT2D eigenvalue weighted by Gasteiger charge is -2.18. The monoisotopic (exact) mass is 320 g/mol. The molecule has 0 bridgehead atoms. The Morgan fingerprint density at radius 2 is 1.62 bits per heavy atom. The highest BCUT2D eigenvalue weighted by molar-refractivity contribution is 6.02. The summed E-state index contributed by atoms with van der Waals surface area (Å²) in [6.45, 7) is 0.444. The minimum Gasteiger partial charge on any atom is -0.436 e. The van der Waals surface area contributed by atoms with Crippen molar-refractivity contribution in [2.45, 2.75) is 38.6 Å². The highest BCUT2D eigenvalue weighted by atomic mass is 16.7. The molecule has 1 aliphatic rings. The highest BCUT2D eigenvalue weighted by Crippen LogP contribution is 2.29. The molecule has 24 heavy (non-hydrogen) atoms. The topological polar surface area (TPSA) is 35.5 Å². The van der Waals surface area contributed by atoms with Gasteiger partial charge < -0.3 is 9.47 Å². The number of benzene rings is 3. The molecule has 3 heteroatoms. The van der Waals surface area contributed by atoms with Crippen molar-refractivity contribution in [3.05, 3.63) is 60.2 Å². The number of rotatable bonds is 3. The van der Waals surface area contributed by atoms with Crippen LogP contribution in [0.25, 0.3) is 21.5 Å². The molecular formula is C21H20O3. The largest absolute Gasteiger partial charge is 0.436 e. The van der Waals surface area contributed by atoms with Gasteiger partial charge in [-0.15, -0.1) is 0 Å². The smallest absolute Gasteiger partial charge is 0.308 e. The van der Waals surface area contributed by atoms with Crippen molar-refractivity contribution in [1.29, 1.82) is 0 Å². The summed E-state index contributed by atoms with van der Waals surface area (Å²) in [4.78, 5) is 11.6. The third-order valence-electron chi connectivity index (χ3n) is 4.63. The number of hydrogen-bond donors (Lipinski definition) is 0. The first-order valence-corrected chi connectivity index (χ1v) is 8.52. The molecule has 0 radical (unpaired) electrons. The van der Waals surface area contributed by atoms with Crippen LogP contribution in [0.5, 0.6) is 0 Å². The first-order chi connectivity index (χ1) is 11.8. The maximum atomic E-state index is 11.6. The van der Waals surface area contributed by atoms with Crippen molar-refractivity contribution in [3.63, 3.8) is 0 Å². The molecule has 0 aromatic heterocycles. The molecule has 1 unspecified atom stereocenters. The lowest BCUT2D eigenvalue weighted by atomic mass is 9.97. The maximum absolute atomic E-state index is 11.6. The summed E-state index contributed by atoms with van der Waals surface area (Å²) in [7, 11) is 0. The van der Waals surface area contributed by atoms with Crippen LogP contribution in [0.2, 0.25) is 0 Å². The van der Waals surface area contributed by atoms with Gasteiger partial charge in [0, 0.05) is 12.8 Å². The van der Waals surface area contributed by atoms with Crippen molar-refractivity contribution in [2.75, 3.05) is 0 Å². The lowest BCUT2D eigenvalue weighted by molar-refractivity contribution is -0.179. The summed E-state index contributed by atoms with van der Waals surface area (Å²) in [5.41, 5.74) is 1.16. The number of cyclic esters (lactones) is 1. The molecule has 3 aromatic rings. The van der Waals surface area contributed by atoms with Crippen molar-refractivity contribution in [3.8, 4) is 0 Å². The molecule has 3 nitrogen and oxygen atoms in total. The zero-order valence-electron chi connectivity index (χ0n) is 13.5. The molecule has 1 fully saturated rings. The average Bonchev–Trinajstić information content (AvgIpc) is 2.82. The van der Waals surface area contributed by atoms with Crippen LogP contribution in [0.15, 0.2) is 54.6 Å². The van der Waals surface area contributed by atoms with Crippen molar-refractivity contribution in [2.24, 2.45) is 0 Å². The van der Waals surface area contributed by atoms with E-state index in [1.807, 2.05) is 12.1 Å². The summed E-state index contributed by atoms with van der Waals surface area (Å²) in [5, 5.41) is 4.78. The molecular weight excluding hydrogens is 300 g/mol. The average molecular weight is 320 g/mol. The fourth-order valence-corrected chi connectivity index (χ4v) is 3.40. The van der Waals surface area contributed by atoms with E-state index in [2.05, 4.69) is 42.5 Å². The fraction of sp³-hybridized carbons (Fsp3) is 0.286. The molecule has 0 spiro atoms. The van der Waals surface area contributed by atoms with Gasteiger partial charge in [-0.1, -0.05) is 48.5 Å². The minimum atomic E-state index is -0.433. The highest BCUT2D eigenvalue weighted by Gasteiger charge is 2.19. The van der Waals surface area contributed by atoms with Crippen LogP contribution in [-0.2, 0) is 20.9 Å². The first-order valence-electron chi connectivity index (χ1n) is 8.52. The molecule has 0 N–H and O–H groups in total. The maximum Gasteiger partial charge on any atom is 0.308 e. The summed E-state index contributed by atoms with van der Waals surface area (Å²) in [6, 6.07) is 18.9. The number of carbonyl (C=O) groups excluding carboxylic acids is 1. The molecule has 0 saturated carbocycles. The molecule has 4 rings (SSSR count). The third-order valence-corrected chi connectivity index (χ3v) is 4.63. The zero-order chi connectivity index (χ0) is 16.4. The Labute approximate surface area is 141 Å². The number of esters is 1. The first kappa shape index (κ1) is 15.2. The molecule has 1 atom stereocenters. The van der Waals surface area contributed by atoms with Crippen molar-refractivity contribution >= 4 is 27.5 Å². The SMILES string of the molecule is O=C1CCCCC(OCc2c3ccccc3cc3ccccc23)O1. The van der Waals surface area contributed by atoms with Gasteiger partial charge in [0.25, 0.3) is 0 Å². The Morgan fingerprint density at radius 1 is 0.958 bits per heavy atom. The summed E-state index contributed by atoms with van der Waals surface area (Å²) in [5.74, 6) is -0.153. The van der Waals surface area contributed by atoms with E-state index in [-0.39, 0.29) is 5.97 Å². The minimum absolute atomic E-state index is 0.153. The lowest BCUT2D eigenvalue weighted by Crippen LogP contribution is -2.19. The van der Waals surface area contributed by atoms with Crippen LogP contribution in [0.1, 0.15) is 31.2 Å². The van der Waals surface area contributed by atoms with Gasteiger partial charge in [-0.25, -0.2) is 0 Å². The Bertz CT molecular complexity index is 831. The number of carbonyl (C=O) groups is 1. The van der Waals surface area contributed by atoms with E-state index in [9.17, 15) is 4.79 Å². The number of fused-ring (bicyclic) bond motifs is 2. The van der Waals surface area contributed by atoms with E-state index in [4.69, 9.17) is 9.47 Å². The van der Waals surface area contributed by atoms with Crippen LogP contribution >= 0.6 is 0 Å². The van der Waals surface area contributed by atoms with Crippen LogP contribution in [-0.4, -0.2) is 12.3 Å². The van der Waals surface area contributed by atoms with Gasteiger partial charge in [-0.2, -0.15) is 0 Å². The van der Waals surface area contributed by atoms with Gasteiger partial charge >= 0.3 is 5.97 Å². The normalized spacial score (nSPS) is 18.5. The molecule has 3 aromatic carbocycles. The predicted octanol–water partition coefficient (Wildman–Crippen LogP) is 4.95. The summed E-state index contributed by atoms with van der Waals surface area (Å²) in [6.07, 6.45) is 2.69. The van der Waals surface area contributed by atoms with Gasteiger partial charge in [0.2, 0.25) is 6.29 Å². The Hall–Kier alpha value is -2.39. The Morgan fingerprint density at radius 3 is 2.33 bits per heavy atom. The summed E-state index contributed by atoms with van der Waals surface area (Å²) < 4.78 is 11.4. The van der Waals surface area contributed by atoms with E-state index in [1.54, 1.807) is 0 Å². The van der Waals surface area contributed by atoms with E-state index in [0.717, 1.165) is 24.8 Å². The van der Waals surface area contributed by atoms with Gasteiger partial charge in [0.1, 0.15) is 0 Å². The van der Waals surface area contributed by atoms with E-state index in [1.165, 1.54) is 21.5 Å². The van der Waals surface area contributed by atoms with Crippen LogP contribution in [0, 0.1) is 0 Å². The van der Waals surface area contributed by atoms with Crippen molar-refractivity contribution < 1.29 is 14.3 Å². The van der Waals surface area contributed by atoms with Crippen LogP contribution < -0.4 is 0 Å². The predicted molar refractivity (Wildman–Crippen MR) is 94.6 cm³/mol. The second-order valence-corrected chi connectivity index (χ2v) is 6.27. The van der Waals surface area contributed by atoms with Gasteiger partial charge in [0.15, 0.2) is 0 Å². The van der Waals surface area contributed by atoms with Gasteiger partial charge in [-0.3, -0.25) is 4.79 Å². The molecule has 122 valence electrons. The Balaban J connectivity index is 1.69.